The standard InChI is InChI=1S/C13H22FN/c1-3-12-13-9-5-8(6-11(9)14)10(13)7-15(12)4-2/h8-13H,3-7H2,1-2H3. The zero-order chi connectivity index (χ0) is 10.6. The lowest BCUT2D eigenvalue weighted by atomic mass is 9.77. The Hall–Kier alpha value is -0.110. The van der Waals surface area contributed by atoms with Gasteiger partial charge in [0.25, 0.3) is 0 Å². The molecule has 0 N–H and O–H groups in total. The van der Waals surface area contributed by atoms with Gasteiger partial charge < -0.3 is 4.90 Å². The Kier molecular flexibility index (Phi) is 2.31. The summed E-state index contributed by atoms with van der Waals surface area (Å²) in [6.07, 6.45) is 2.82. The summed E-state index contributed by atoms with van der Waals surface area (Å²) in [4.78, 5) is 2.60. The summed E-state index contributed by atoms with van der Waals surface area (Å²) >= 11 is 0. The number of halogens is 1. The first-order chi connectivity index (χ1) is 7.26. The van der Waals surface area contributed by atoms with Gasteiger partial charge in [0.15, 0.2) is 0 Å². The second-order valence-electron chi connectivity index (χ2n) is 5.72. The summed E-state index contributed by atoms with van der Waals surface area (Å²) in [6.45, 7) is 6.93. The molecule has 0 radical (unpaired) electrons. The lowest BCUT2D eigenvalue weighted by Crippen LogP contribution is -2.36. The van der Waals surface area contributed by atoms with E-state index in [1.165, 1.54) is 19.4 Å². The Labute approximate surface area is 92.0 Å². The molecule has 1 heterocycles. The van der Waals surface area contributed by atoms with Crippen LogP contribution in [-0.4, -0.2) is 30.2 Å². The monoisotopic (exact) mass is 211 g/mol. The Morgan fingerprint density at radius 2 is 2.00 bits per heavy atom. The van der Waals surface area contributed by atoms with Gasteiger partial charge in [0.2, 0.25) is 0 Å². The van der Waals surface area contributed by atoms with Gasteiger partial charge in [-0.3, -0.25) is 0 Å². The third kappa shape index (κ3) is 1.23. The molecule has 3 aliphatic rings. The van der Waals surface area contributed by atoms with Crippen LogP contribution in [0.2, 0.25) is 0 Å². The molecule has 15 heavy (non-hydrogen) atoms. The van der Waals surface area contributed by atoms with Crippen LogP contribution < -0.4 is 0 Å². The van der Waals surface area contributed by atoms with Crippen LogP contribution in [0.4, 0.5) is 4.39 Å². The zero-order valence-corrected chi connectivity index (χ0v) is 9.82. The van der Waals surface area contributed by atoms with E-state index >= 15 is 0 Å². The van der Waals surface area contributed by atoms with Crippen molar-refractivity contribution in [2.24, 2.45) is 23.7 Å². The van der Waals surface area contributed by atoms with Gasteiger partial charge in [-0.2, -0.15) is 0 Å². The van der Waals surface area contributed by atoms with Gasteiger partial charge in [-0.15, -0.1) is 0 Å². The Morgan fingerprint density at radius 3 is 2.67 bits per heavy atom. The van der Waals surface area contributed by atoms with Crippen molar-refractivity contribution in [2.45, 2.75) is 45.3 Å². The average molecular weight is 211 g/mol. The Balaban J connectivity index is 1.85. The van der Waals surface area contributed by atoms with E-state index in [9.17, 15) is 4.39 Å². The van der Waals surface area contributed by atoms with Gasteiger partial charge in [-0.1, -0.05) is 13.8 Å². The molecule has 0 amide bonds. The zero-order valence-electron chi connectivity index (χ0n) is 9.82. The molecule has 86 valence electrons. The molecule has 3 fully saturated rings. The lowest BCUT2D eigenvalue weighted by Gasteiger charge is -2.31. The van der Waals surface area contributed by atoms with Crippen LogP contribution in [0, 0.1) is 23.7 Å². The number of hydrogen-bond acceptors (Lipinski definition) is 1. The van der Waals surface area contributed by atoms with E-state index in [2.05, 4.69) is 18.7 Å². The fraction of sp³-hybridized carbons (Fsp3) is 1.00. The van der Waals surface area contributed by atoms with Crippen molar-refractivity contribution in [1.29, 1.82) is 0 Å². The highest BCUT2D eigenvalue weighted by Gasteiger charge is 2.58. The molecule has 0 aromatic carbocycles. The fourth-order valence-electron chi connectivity index (χ4n) is 4.82. The summed E-state index contributed by atoms with van der Waals surface area (Å²) < 4.78 is 13.8. The molecule has 1 saturated heterocycles. The highest BCUT2D eigenvalue weighted by Crippen LogP contribution is 2.58. The van der Waals surface area contributed by atoms with E-state index in [4.69, 9.17) is 0 Å². The summed E-state index contributed by atoms with van der Waals surface area (Å²) in [5.74, 6) is 2.68. The quantitative estimate of drug-likeness (QED) is 0.679. The third-order valence-corrected chi connectivity index (χ3v) is 5.34. The molecule has 2 bridgehead atoms. The van der Waals surface area contributed by atoms with E-state index < -0.39 is 6.17 Å². The van der Waals surface area contributed by atoms with Gasteiger partial charge in [-0.05, 0) is 49.5 Å². The minimum atomic E-state index is -0.470. The molecule has 1 aliphatic heterocycles. The van der Waals surface area contributed by atoms with Crippen LogP contribution in [0.15, 0.2) is 0 Å². The lowest BCUT2D eigenvalue weighted by molar-refractivity contribution is 0.122. The van der Waals surface area contributed by atoms with Crippen molar-refractivity contribution in [3.05, 3.63) is 0 Å². The number of rotatable bonds is 2. The molecule has 6 atom stereocenters. The maximum Gasteiger partial charge on any atom is 0.104 e. The first-order valence-corrected chi connectivity index (χ1v) is 6.64. The highest BCUT2D eigenvalue weighted by atomic mass is 19.1. The minimum Gasteiger partial charge on any atom is -0.300 e. The second kappa shape index (κ2) is 3.44. The topological polar surface area (TPSA) is 3.24 Å². The predicted molar refractivity (Wildman–Crippen MR) is 59.4 cm³/mol. The van der Waals surface area contributed by atoms with Crippen molar-refractivity contribution in [3.8, 4) is 0 Å². The maximum absolute atomic E-state index is 13.8. The largest absolute Gasteiger partial charge is 0.300 e. The number of nitrogens with zero attached hydrogens (tertiary/aromatic N) is 1. The number of fused-ring (bicyclic) bond motifs is 5. The molecule has 2 heteroatoms. The summed E-state index contributed by atoms with van der Waals surface area (Å²) in [7, 11) is 0. The van der Waals surface area contributed by atoms with E-state index in [1.54, 1.807) is 0 Å². The van der Waals surface area contributed by atoms with Gasteiger partial charge >= 0.3 is 0 Å². The normalized spacial score (nSPS) is 53.8. The summed E-state index contributed by atoms with van der Waals surface area (Å²) in [5.41, 5.74) is 0. The van der Waals surface area contributed by atoms with Crippen LogP contribution in [0.1, 0.15) is 33.1 Å². The Bertz CT molecular complexity index is 255. The van der Waals surface area contributed by atoms with Crippen LogP contribution in [0.3, 0.4) is 0 Å². The fourth-order valence-corrected chi connectivity index (χ4v) is 4.82. The smallest absolute Gasteiger partial charge is 0.104 e. The van der Waals surface area contributed by atoms with E-state index in [0.717, 1.165) is 24.8 Å². The minimum absolute atomic E-state index is 0.418. The van der Waals surface area contributed by atoms with Crippen molar-refractivity contribution < 1.29 is 4.39 Å². The molecule has 2 saturated carbocycles. The molecule has 0 spiro atoms. The van der Waals surface area contributed by atoms with E-state index in [-0.39, 0.29) is 0 Å². The van der Waals surface area contributed by atoms with Crippen molar-refractivity contribution in [2.75, 3.05) is 13.1 Å². The van der Waals surface area contributed by atoms with Gasteiger partial charge in [0.05, 0.1) is 0 Å². The molecule has 0 aromatic rings. The first kappa shape index (κ1) is 10.1. The SMILES string of the molecule is CCC1C2C3CC(CC3F)C2CN1CC. The van der Waals surface area contributed by atoms with Gasteiger partial charge in [0.1, 0.15) is 6.17 Å². The maximum atomic E-state index is 13.8. The number of alkyl halides is 1. The number of likely N-dealkylation sites (tertiary alicyclic amines) is 1. The predicted octanol–water partition coefficient (Wildman–Crippen LogP) is 2.71. The molecular formula is C13H22FN. The molecule has 1 nitrogen and oxygen atoms in total. The van der Waals surface area contributed by atoms with E-state index in [1.807, 2.05) is 0 Å². The Morgan fingerprint density at radius 1 is 1.20 bits per heavy atom. The van der Waals surface area contributed by atoms with E-state index in [0.29, 0.717) is 17.9 Å². The molecular weight excluding hydrogens is 189 g/mol. The molecule has 6 unspecified atom stereocenters. The summed E-state index contributed by atoms with van der Waals surface area (Å²) in [6, 6.07) is 0.688. The van der Waals surface area contributed by atoms with Crippen LogP contribution in [0.25, 0.3) is 0 Å². The highest BCUT2D eigenvalue weighted by molar-refractivity contribution is 5.09. The second-order valence-corrected chi connectivity index (χ2v) is 5.72. The van der Waals surface area contributed by atoms with Gasteiger partial charge in [0, 0.05) is 12.6 Å². The average Bonchev–Trinajstić information content (AvgIpc) is 2.84. The number of hydrogen-bond donors (Lipinski definition) is 0. The van der Waals surface area contributed by atoms with Gasteiger partial charge in [-0.25, -0.2) is 4.39 Å². The van der Waals surface area contributed by atoms with Crippen molar-refractivity contribution in [3.63, 3.8) is 0 Å². The first-order valence-electron chi connectivity index (χ1n) is 6.64. The third-order valence-electron chi connectivity index (χ3n) is 5.34. The van der Waals surface area contributed by atoms with Crippen LogP contribution in [0.5, 0.6) is 0 Å². The van der Waals surface area contributed by atoms with Crippen LogP contribution in [-0.2, 0) is 0 Å². The van der Waals surface area contributed by atoms with Crippen molar-refractivity contribution in [1.82, 2.24) is 4.90 Å². The van der Waals surface area contributed by atoms with Crippen LogP contribution >= 0.6 is 0 Å². The molecule has 3 rings (SSSR count). The summed E-state index contributed by atoms with van der Waals surface area (Å²) in [5, 5.41) is 0. The van der Waals surface area contributed by atoms with Crippen molar-refractivity contribution >= 4 is 0 Å². The molecule has 2 aliphatic carbocycles. The molecule has 0 aromatic heterocycles.